The van der Waals surface area contributed by atoms with Gasteiger partial charge in [0.1, 0.15) is 0 Å². The van der Waals surface area contributed by atoms with Crippen molar-refractivity contribution in [1.29, 1.82) is 0 Å². The van der Waals surface area contributed by atoms with E-state index in [1.54, 1.807) is 11.3 Å². The summed E-state index contributed by atoms with van der Waals surface area (Å²) in [6, 6.07) is 0.825. The number of aryl methyl sites for hydroxylation is 2. The summed E-state index contributed by atoms with van der Waals surface area (Å²) in [6.07, 6.45) is 6.48. The molecule has 0 radical (unpaired) electrons. The highest BCUT2D eigenvalue weighted by atomic mass is 32.1. The van der Waals surface area contributed by atoms with E-state index in [1.807, 2.05) is 5.51 Å². The van der Waals surface area contributed by atoms with Gasteiger partial charge in [-0.15, -0.1) is 11.3 Å². The van der Waals surface area contributed by atoms with Crippen LogP contribution in [0.3, 0.4) is 0 Å². The van der Waals surface area contributed by atoms with Crippen molar-refractivity contribution in [2.75, 3.05) is 6.54 Å². The molecule has 1 fully saturated rings. The van der Waals surface area contributed by atoms with Crippen molar-refractivity contribution >= 4 is 11.3 Å². The first kappa shape index (κ1) is 13.0. The molecule has 0 saturated heterocycles. The Morgan fingerprint density at radius 1 is 1.53 bits per heavy atom. The molecule has 0 aliphatic heterocycles. The summed E-state index contributed by atoms with van der Waals surface area (Å²) < 4.78 is 0. The van der Waals surface area contributed by atoms with E-state index >= 15 is 0 Å². The lowest BCUT2D eigenvalue weighted by Crippen LogP contribution is -2.33. The van der Waals surface area contributed by atoms with Crippen LogP contribution in [0.25, 0.3) is 0 Å². The molecular formula is C14H24N2S. The molecule has 1 aromatic rings. The Bertz CT molecular complexity index is 357. The summed E-state index contributed by atoms with van der Waals surface area (Å²) in [5.74, 6) is 0. The SMILES string of the molecule is CCC(C)(CCc1scnc1C)CNC1CC1. The third kappa shape index (κ3) is 3.78. The molecule has 3 heteroatoms. The van der Waals surface area contributed by atoms with E-state index in [2.05, 4.69) is 31.1 Å². The van der Waals surface area contributed by atoms with Gasteiger partial charge in [0.05, 0.1) is 11.2 Å². The summed E-state index contributed by atoms with van der Waals surface area (Å²) >= 11 is 1.81. The standard InChI is InChI=1S/C14H24N2S/c1-4-14(3,9-15-12-5-6-12)8-7-13-11(2)16-10-17-13/h10,12,15H,4-9H2,1-3H3. The number of nitrogens with zero attached hydrogens (tertiary/aromatic N) is 1. The second kappa shape index (κ2) is 5.49. The molecule has 0 amide bonds. The Morgan fingerprint density at radius 2 is 2.29 bits per heavy atom. The maximum absolute atomic E-state index is 4.33. The van der Waals surface area contributed by atoms with Crippen molar-refractivity contribution in [3.8, 4) is 0 Å². The molecular weight excluding hydrogens is 228 g/mol. The second-order valence-corrected chi connectivity index (χ2v) is 6.62. The highest BCUT2D eigenvalue weighted by Crippen LogP contribution is 2.30. The van der Waals surface area contributed by atoms with Crippen LogP contribution < -0.4 is 5.32 Å². The Morgan fingerprint density at radius 3 is 2.82 bits per heavy atom. The molecule has 1 heterocycles. The van der Waals surface area contributed by atoms with E-state index in [9.17, 15) is 0 Å². The number of hydrogen-bond donors (Lipinski definition) is 1. The molecule has 2 nitrogen and oxygen atoms in total. The van der Waals surface area contributed by atoms with Crippen LogP contribution in [0, 0.1) is 12.3 Å². The summed E-state index contributed by atoms with van der Waals surface area (Å²) in [5, 5.41) is 3.68. The number of nitrogens with one attached hydrogen (secondary N) is 1. The lowest BCUT2D eigenvalue weighted by Gasteiger charge is -2.28. The van der Waals surface area contributed by atoms with Crippen molar-refractivity contribution in [3.63, 3.8) is 0 Å². The van der Waals surface area contributed by atoms with Gasteiger partial charge in [-0.25, -0.2) is 4.98 Å². The molecule has 1 atom stereocenters. The van der Waals surface area contributed by atoms with E-state index < -0.39 is 0 Å². The number of thiazole rings is 1. The largest absolute Gasteiger partial charge is 0.313 e. The zero-order valence-electron chi connectivity index (χ0n) is 11.3. The fourth-order valence-corrected chi connectivity index (χ4v) is 2.83. The van der Waals surface area contributed by atoms with Crippen molar-refractivity contribution in [3.05, 3.63) is 16.1 Å². The van der Waals surface area contributed by atoms with Crippen LogP contribution in [-0.4, -0.2) is 17.6 Å². The fourth-order valence-electron chi connectivity index (χ4n) is 2.05. The van der Waals surface area contributed by atoms with Gasteiger partial charge in [0.15, 0.2) is 0 Å². The zero-order valence-corrected chi connectivity index (χ0v) is 12.1. The lowest BCUT2D eigenvalue weighted by atomic mass is 9.82. The minimum atomic E-state index is 0.443. The summed E-state index contributed by atoms with van der Waals surface area (Å²) in [4.78, 5) is 5.80. The van der Waals surface area contributed by atoms with Gasteiger partial charge in [0.2, 0.25) is 0 Å². The van der Waals surface area contributed by atoms with E-state index in [0.29, 0.717) is 5.41 Å². The molecule has 1 unspecified atom stereocenters. The predicted octanol–water partition coefficient (Wildman–Crippen LogP) is 3.55. The molecule has 17 heavy (non-hydrogen) atoms. The normalized spacial score (nSPS) is 19.2. The predicted molar refractivity (Wildman–Crippen MR) is 74.6 cm³/mol. The Hall–Kier alpha value is -0.410. The quantitative estimate of drug-likeness (QED) is 0.802. The molecule has 0 spiro atoms. The molecule has 1 aliphatic rings. The van der Waals surface area contributed by atoms with Crippen LogP contribution in [0.15, 0.2) is 5.51 Å². The summed E-state index contributed by atoms with van der Waals surface area (Å²) in [6.45, 7) is 8.02. The molecule has 1 aromatic heterocycles. The highest BCUT2D eigenvalue weighted by Gasteiger charge is 2.27. The van der Waals surface area contributed by atoms with Crippen LogP contribution in [0.4, 0.5) is 0 Å². The van der Waals surface area contributed by atoms with Gasteiger partial charge >= 0.3 is 0 Å². The second-order valence-electron chi connectivity index (χ2n) is 5.68. The van der Waals surface area contributed by atoms with Crippen LogP contribution in [0.2, 0.25) is 0 Å². The number of rotatable bonds is 7. The van der Waals surface area contributed by atoms with Crippen LogP contribution in [-0.2, 0) is 6.42 Å². The zero-order chi connectivity index (χ0) is 12.3. The van der Waals surface area contributed by atoms with Gasteiger partial charge in [-0.1, -0.05) is 13.8 Å². The summed E-state index contributed by atoms with van der Waals surface area (Å²) in [5.41, 5.74) is 3.64. The van der Waals surface area contributed by atoms with Crippen molar-refractivity contribution < 1.29 is 0 Å². The average Bonchev–Trinajstić information content (AvgIpc) is 3.07. The van der Waals surface area contributed by atoms with Crippen molar-refractivity contribution in [1.82, 2.24) is 10.3 Å². The van der Waals surface area contributed by atoms with E-state index in [-0.39, 0.29) is 0 Å². The fraction of sp³-hybridized carbons (Fsp3) is 0.786. The van der Waals surface area contributed by atoms with E-state index in [1.165, 1.54) is 49.2 Å². The topological polar surface area (TPSA) is 24.9 Å². The van der Waals surface area contributed by atoms with Gasteiger partial charge in [-0.3, -0.25) is 0 Å². The minimum Gasteiger partial charge on any atom is -0.313 e. The molecule has 0 bridgehead atoms. The van der Waals surface area contributed by atoms with Crippen LogP contribution >= 0.6 is 11.3 Å². The molecule has 1 aliphatic carbocycles. The molecule has 1 saturated carbocycles. The van der Waals surface area contributed by atoms with Gasteiger partial charge < -0.3 is 5.32 Å². The number of aromatic nitrogens is 1. The lowest BCUT2D eigenvalue weighted by molar-refractivity contribution is 0.269. The summed E-state index contributed by atoms with van der Waals surface area (Å²) in [7, 11) is 0. The molecule has 96 valence electrons. The average molecular weight is 252 g/mol. The first-order chi connectivity index (χ1) is 8.13. The molecule has 1 N–H and O–H groups in total. The maximum atomic E-state index is 4.33. The third-order valence-electron chi connectivity index (χ3n) is 4.05. The highest BCUT2D eigenvalue weighted by molar-refractivity contribution is 7.09. The maximum Gasteiger partial charge on any atom is 0.0797 e. The van der Waals surface area contributed by atoms with E-state index in [0.717, 1.165) is 6.04 Å². The van der Waals surface area contributed by atoms with Gasteiger partial charge in [0.25, 0.3) is 0 Å². The minimum absolute atomic E-state index is 0.443. The van der Waals surface area contributed by atoms with Crippen molar-refractivity contribution in [2.24, 2.45) is 5.41 Å². The van der Waals surface area contributed by atoms with Gasteiger partial charge in [-0.05, 0) is 44.4 Å². The van der Waals surface area contributed by atoms with Gasteiger partial charge in [0, 0.05) is 17.5 Å². The van der Waals surface area contributed by atoms with Crippen molar-refractivity contribution in [2.45, 2.75) is 58.9 Å². The molecule has 2 rings (SSSR count). The smallest absolute Gasteiger partial charge is 0.0797 e. The first-order valence-electron chi connectivity index (χ1n) is 6.75. The first-order valence-corrected chi connectivity index (χ1v) is 7.63. The Labute approximate surface area is 109 Å². The number of hydrogen-bond acceptors (Lipinski definition) is 3. The monoisotopic (exact) mass is 252 g/mol. The Balaban J connectivity index is 1.82. The van der Waals surface area contributed by atoms with Gasteiger partial charge in [-0.2, -0.15) is 0 Å². The third-order valence-corrected chi connectivity index (χ3v) is 5.04. The van der Waals surface area contributed by atoms with Crippen LogP contribution in [0.1, 0.15) is 50.1 Å². The Kier molecular flexibility index (Phi) is 4.21. The van der Waals surface area contributed by atoms with Crippen LogP contribution in [0.5, 0.6) is 0 Å². The molecule has 0 aromatic carbocycles. The van der Waals surface area contributed by atoms with E-state index in [4.69, 9.17) is 0 Å².